The van der Waals surface area contributed by atoms with Gasteiger partial charge in [-0.15, -0.1) is 0 Å². The molecule has 0 aromatic carbocycles. The summed E-state index contributed by atoms with van der Waals surface area (Å²) in [7, 11) is 4.76. The Balaban J connectivity index is 3.01. The fourth-order valence-corrected chi connectivity index (χ4v) is 5.47. The van der Waals surface area contributed by atoms with Gasteiger partial charge < -0.3 is 18.9 Å². The molecule has 0 radical (unpaired) electrons. The first-order chi connectivity index (χ1) is 17.2. The molecule has 2 saturated carbocycles. The van der Waals surface area contributed by atoms with Crippen molar-refractivity contribution in [3.05, 3.63) is 33.4 Å². The van der Waals surface area contributed by atoms with Crippen molar-refractivity contribution in [3.63, 3.8) is 0 Å². The van der Waals surface area contributed by atoms with E-state index in [9.17, 15) is 19.2 Å². The highest BCUT2D eigenvalue weighted by molar-refractivity contribution is 6.18. The van der Waals surface area contributed by atoms with Crippen molar-refractivity contribution in [1.29, 1.82) is 0 Å². The van der Waals surface area contributed by atoms with Crippen LogP contribution < -0.4 is 0 Å². The molecule has 8 heteroatoms. The molecule has 2 aliphatic rings. The summed E-state index contributed by atoms with van der Waals surface area (Å²) in [5.74, 6) is -3.36. The first kappa shape index (κ1) is 29.3. The Morgan fingerprint density at radius 1 is 0.444 bits per heavy atom. The molecule has 2 rings (SSSR count). The van der Waals surface area contributed by atoms with Crippen molar-refractivity contribution >= 4 is 23.9 Å². The minimum absolute atomic E-state index is 0.0244. The van der Waals surface area contributed by atoms with Gasteiger partial charge in [0.15, 0.2) is 0 Å². The molecule has 0 aromatic rings. The second-order valence-electron chi connectivity index (χ2n) is 9.50. The predicted octanol–water partition coefficient (Wildman–Crippen LogP) is 4.77. The van der Waals surface area contributed by atoms with Crippen LogP contribution in [0.2, 0.25) is 0 Å². The van der Waals surface area contributed by atoms with E-state index in [0.29, 0.717) is 11.1 Å². The fraction of sp³-hybridized carbons (Fsp3) is 0.643. The maximum Gasteiger partial charge on any atom is 0.339 e. The van der Waals surface area contributed by atoms with Crippen LogP contribution in [0, 0.1) is 11.8 Å². The summed E-state index contributed by atoms with van der Waals surface area (Å²) in [6.45, 7) is 3.55. The Hall–Kier alpha value is -2.90. The molecular weight excluding hydrogens is 464 g/mol. The van der Waals surface area contributed by atoms with Crippen LogP contribution in [0.3, 0.4) is 0 Å². The average Bonchev–Trinajstić information content (AvgIpc) is 2.93. The van der Waals surface area contributed by atoms with Crippen LogP contribution in [0.15, 0.2) is 33.4 Å². The molecule has 0 aliphatic heterocycles. The van der Waals surface area contributed by atoms with Gasteiger partial charge >= 0.3 is 23.9 Å². The third kappa shape index (κ3) is 6.65. The Morgan fingerprint density at radius 2 is 0.694 bits per heavy atom. The number of hydrogen-bond acceptors (Lipinski definition) is 8. The summed E-state index contributed by atoms with van der Waals surface area (Å²) >= 11 is 0. The van der Waals surface area contributed by atoms with E-state index >= 15 is 0 Å². The zero-order valence-electron chi connectivity index (χ0n) is 22.5. The Morgan fingerprint density at radius 3 is 0.944 bits per heavy atom. The van der Waals surface area contributed by atoms with Crippen LogP contribution in [0.5, 0.6) is 0 Å². The van der Waals surface area contributed by atoms with E-state index in [1.54, 1.807) is 13.8 Å². The molecular formula is C28H40O8. The van der Waals surface area contributed by atoms with E-state index in [0.717, 1.165) is 78.4 Å². The SMILES string of the molecule is COC(=O)C(=C(C(=O)OC)/C(C(=O)OC)=C(/C)C1CCCCC1)/C(C(=O)OC)=C(/C)C1CCCCC1. The normalized spacial score (nSPS) is 19.3. The number of allylic oxidation sites excluding steroid dienone is 2. The van der Waals surface area contributed by atoms with E-state index in [1.807, 2.05) is 0 Å². The molecule has 0 aromatic heterocycles. The Bertz CT molecular complexity index is 865. The lowest BCUT2D eigenvalue weighted by Gasteiger charge is -2.27. The van der Waals surface area contributed by atoms with Crippen LogP contribution in [0.25, 0.3) is 0 Å². The molecule has 36 heavy (non-hydrogen) atoms. The van der Waals surface area contributed by atoms with Crippen molar-refractivity contribution in [1.82, 2.24) is 0 Å². The standard InChI is InChI=1S/C28H40O8/c1-17(19-13-9-7-10-14-19)21(25(29)33-3)23(27(31)35-5)24(28(32)36-6)22(26(30)34-4)18(2)20-15-11-8-12-16-20/h19-20H,7-16H2,1-6H3/b21-17+,22-18+,24-23-. The second-order valence-corrected chi connectivity index (χ2v) is 9.50. The highest BCUT2D eigenvalue weighted by atomic mass is 16.5. The molecule has 200 valence electrons. The van der Waals surface area contributed by atoms with Crippen molar-refractivity contribution in [2.75, 3.05) is 28.4 Å². The smallest absolute Gasteiger partial charge is 0.339 e. The number of carbonyl (C=O) groups excluding carboxylic acids is 4. The van der Waals surface area contributed by atoms with Crippen LogP contribution in [0.1, 0.15) is 78.1 Å². The zero-order valence-corrected chi connectivity index (χ0v) is 22.5. The molecule has 0 heterocycles. The third-order valence-electron chi connectivity index (χ3n) is 7.53. The number of hydrogen-bond donors (Lipinski definition) is 0. The van der Waals surface area contributed by atoms with E-state index in [2.05, 4.69) is 0 Å². The van der Waals surface area contributed by atoms with Crippen LogP contribution in [0.4, 0.5) is 0 Å². The second kappa shape index (κ2) is 14.0. The first-order valence-electron chi connectivity index (χ1n) is 12.7. The van der Waals surface area contributed by atoms with Gasteiger partial charge in [-0.05, 0) is 51.4 Å². The highest BCUT2D eigenvalue weighted by Gasteiger charge is 2.38. The summed E-state index contributed by atoms with van der Waals surface area (Å²) in [6.07, 6.45) is 9.53. The molecule has 0 amide bonds. The maximum atomic E-state index is 13.3. The van der Waals surface area contributed by atoms with Gasteiger partial charge in [-0.2, -0.15) is 0 Å². The summed E-state index contributed by atoms with van der Waals surface area (Å²) in [5, 5.41) is 0. The minimum Gasteiger partial charge on any atom is -0.465 e. The molecule has 0 N–H and O–H groups in total. The quantitative estimate of drug-likeness (QED) is 0.201. The lowest BCUT2D eigenvalue weighted by Crippen LogP contribution is -2.27. The average molecular weight is 505 g/mol. The van der Waals surface area contributed by atoms with Crippen molar-refractivity contribution in [2.24, 2.45) is 11.8 Å². The summed E-state index contributed by atoms with van der Waals surface area (Å²) in [6, 6.07) is 0. The minimum atomic E-state index is -0.927. The maximum absolute atomic E-state index is 13.3. The van der Waals surface area contributed by atoms with Gasteiger partial charge in [0, 0.05) is 0 Å². The van der Waals surface area contributed by atoms with Gasteiger partial charge in [-0.1, -0.05) is 49.7 Å². The fourth-order valence-electron chi connectivity index (χ4n) is 5.47. The van der Waals surface area contributed by atoms with E-state index in [-0.39, 0.29) is 34.1 Å². The third-order valence-corrected chi connectivity index (χ3v) is 7.53. The van der Waals surface area contributed by atoms with Crippen LogP contribution >= 0.6 is 0 Å². The van der Waals surface area contributed by atoms with Crippen LogP contribution in [-0.2, 0) is 38.1 Å². The van der Waals surface area contributed by atoms with Gasteiger partial charge in [-0.3, -0.25) is 0 Å². The van der Waals surface area contributed by atoms with Gasteiger partial charge in [0.1, 0.15) is 0 Å². The number of methoxy groups -OCH3 is 4. The predicted molar refractivity (Wildman–Crippen MR) is 134 cm³/mol. The lowest BCUT2D eigenvalue weighted by atomic mass is 9.78. The van der Waals surface area contributed by atoms with Crippen molar-refractivity contribution < 1.29 is 38.1 Å². The molecule has 0 bridgehead atoms. The monoisotopic (exact) mass is 504 g/mol. The topological polar surface area (TPSA) is 105 Å². The molecule has 8 nitrogen and oxygen atoms in total. The first-order valence-corrected chi connectivity index (χ1v) is 12.7. The number of rotatable bonds is 8. The van der Waals surface area contributed by atoms with E-state index in [1.165, 1.54) is 14.2 Å². The van der Waals surface area contributed by atoms with Gasteiger partial charge in [0.05, 0.1) is 50.7 Å². The van der Waals surface area contributed by atoms with E-state index in [4.69, 9.17) is 18.9 Å². The molecule has 0 atom stereocenters. The Labute approximate surface area is 214 Å². The molecule has 0 unspecified atom stereocenters. The number of carbonyl (C=O) groups is 4. The number of esters is 4. The molecule has 0 spiro atoms. The van der Waals surface area contributed by atoms with Crippen LogP contribution in [-0.4, -0.2) is 52.3 Å². The summed E-state index contributed by atoms with van der Waals surface area (Å²) < 4.78 is 20.3. The number of ether oxygens (including phenoxy) is 4. The van der Waals surface area contributed by atoms with Crippen molar-refractivity contribution in [3.8, 4) is 0 Å². The molecule has 0 saturated heterocycles. The highest BCUT2D eigenvalue weighted by Crippen LogP contribution is 2.38. The zero-order chi connectivity index (χ0) is 26.8. The largest absolute Gasteiger partial charge is 0.465 e. The molecule has 2 aliphatic carbocycles. The van der Waals surface area contributed by atoms with Crippen molar-refractivity contribution in [2.45, 2.75) is 78.1 Å². The van der Waals surface area contributed by atoms with Gasteiger partial charge in [0.25, 0.3) is 0 Å². The summed E-state index contributed by atoms with van der Waals surface area (Å²) in [4.78, 5) is 53.1. The van der Waals surface area contributed by atoms with Gasteiger partial charge in [0.2, 0.25) is 0 Å². The van der Waals surface area contributed by atoms with E-state index < -0.39 is 23.9 Å². The van der Waals surface area contributed by atoms with Gasteiger partial charge in [-0.25, -0.2) is 19.2 Å². The Kier molecular flexibility index (Phi) is 11.4. The molecule has 2 fully saturated rings. The summed E-state index contributed by atoms with van der Waals surface area (Å²) in [5.41, 5.74) is 0.486. The lowest BCUT2D eigenvalue weighted by molar-refractivity contribution is -0.141.